The van der Waals surface area contributed by atoms with E-state index >= 15 is 0 Å². The maximum atomic E-state index is 4.31. The number of halogens is 2. The van der Waals surface area contributed by atoms with Crippen molar-refractivity contribution in [3.05, 3.63) is 50.2 Å². The monoisotopic (exact) mass is 399 g/mol. The zero-order valence-electron chi connectivity index (χ0n) is 12.1. The van der Waals surface area contributed by atoms with Crippen LogP contribution in [-0.4, -0.2) is 9.78 Å². The van der Waals surface area contributed by atoms with Gasteiger partial charge in [-0.2, -0.15) is 5.10 Å². The Balaban J connectivity index is 2.15. The standard InChI is InChI=1S/C15H19Br2N3/c1-9(13-6-5-12(16)7-15(13)17)19-10(2)14-8-18-20(4)11(14)3/h5-10,19H,1-4H3. The van der Waals surface area contributed by atoms with Crippen LogP contribution in [0.4, 0.5) is 0 Å². The van der Waals surface area contributed by atoms with Gasteiger partial charge in [-0.05, 0) is 38.5 Å². The lowest BCUT2D eigenvalue weighted by Crippen LogP contribution is -2.23. The Kier molecular flexibility index (Phi) is 5.04. The van der Waals surface area contributed by atoms with Crippen LogP contribution < -0.4 is 5.32 Å². The maximum absolute atomic E-state index is 4.31. The van der Waals surface area contributed by atoms with E-state index in [1.165, 1.54) is 16.8 Å². The van der Waals surface area contributed by atoms with E-state index in [1.807, 2.05) is 17.9 Å². The van der Waals surface area contributed by atoms with Crippen molar-refractivity contribution in [2.45, 2.75) is 32.9 Å². The molecule has 1 heterocycles. The fourth-order valence-electron chi connectivity index (χ4n) is 2.35. The van der Waals surface area contributed by atoms with Crippen molar-refractivity contribution in [3.8, 4) is 0 Å². The van der Waals surface area contributed by atoms with Crippen LogP contribution in [0.1, 0.15) is 42.8 Å². The largest absolute Gasteiger partial charge is 0.303 e. The van der Waals surface area contributed by atoms with Gasteiger partial charge in [0.25, 0.3) is 0 Å². The molecule has 1 N–H and O–H groups in total. The van der Waals surface area contributed by atoms with Crippen LogP contribution in [0.3, 0.4) is 0 Å². The van der Waals surface area contributed by atoms with Crippen molar-refractivity contribution in [2.75, 3.05) is 0 Å². The zero-order chi connectivity index (χ0) is 14.9. The second-order valence-electron chi connectivity index (χ2n) is 5.08. The molecule has 1 aromatic carbocycles. The Labute approximate surface area is 137 Å². The van der Waals surface area contributed by atoms with Crippen molar-refractivity contribution in [1.29, 1.82) is 0 Å². The molecule has 0 fully saturated rings. The normalized spacial score (nSPS) is 14.3. The van der Waals surface area contributed by atoms with Crippen LogP contribution in [0.25, 0.3) is 0 Å². The lowest BCUT2D eigenvalue weighted by molar-refractivity contribution is 0.491. The first kappa shape index (κ1) is 15.7. The third-order valence-corrected chi connectivity index (χ3v) is 4.85. The summed E-state index contributed by atoms with van der Waals surface area (Å²) in [6.07, 6.45) is 1.94. The Morgan fingerprint density at radius 1 is 1.15 bits per heavy atom. The number of benzene rings is 1. The van der Waals surface area contributed by atoms with Crippen LogP contribution in [-0.2, 0) is 7.05 Å². The van der Waals surface area contributed by atoms with Gasteiger partial charge in [-0.3, -0.25) is 4.68 Å². The average Bonchev–Trinajstić information content (AvgIpc) is 2.69. The van der Waals surface area contributed by atoms with Crippen LogP contribution in [0, 0.1) is 6.92 Å². The molecule has 0 amide bonds. The van der Waals surface area contributed by atoms with Gasteiger partial charge in [-0.25, -0.2) is 0 Å². The molecule has 1 aromatic heterocycles. The molecule has 0 aliphatic heterocycles. The summed E-state index contributed by atoms with van der Waals surface area (Å²) in [4.78, 5) is 0. The van der Waals surface area contributed by atoms with Gasteiger partial charge in [-0.15, -0.1) is 0 Å². The summed E-state index contributed by atoms with van der Waals surface area (Å²) in [6, 6.07) is 6.79. The van der Waals surface area contributed by atoms with Crippen LogP contribution >= 0.6 is 31.9 Å². The third-order valence-electron chi connectivity index (χ3n) is 3.67. The quantitative estimate of drug-likeness (QED) is 0.808. The van der Waals surface area contributed by atoms with Crippen LogP contribution in [0.5, 0.6) is 0 Å². The molecule has 108 valence electrons. The molecule has 2 aromatic rings. The second kappa shape index (κ2) is 6.41. The lowest BCUT2D eigenvalue weighted by Gasteiger charge is -2.21. The molecule has 3 nitrogen and oxygen atoms in total. The molecular weight excluding hydrogens is 382 g/mol. The Hall–Kier alpha value is -0.650. The number of aromatic nitrogens is 2. The van der Waals surface area contributed by atoms with E-state index in [2.05, 4.69) is 81.2 Å². The number of rotatable bonds is 4. The highest BCUT2D eigenvalue weighted by atomic mass is 79.9. The molecule has 0 aliphatic rings. The fraction of sp³-hybridized carbons (Fsp3) is 0.400. The summed E-state index contributed by atoms with van der Waals surface area (Å²) < 4.78 is 4.10. The number of nitrogens with zero attached hydrogens (tertiary/aromatic N) is 2. The second-order valence-corrected chi connectivity index (χ2v) is 6.85. The third kappa shape index (κ3) is 3.32. The smallest absolute Gasteiger partial charge is 0.0540 e. The van der Waals surface area contributed by atoms with Crippen LogP contribution in [0.15, 0.2) is 33.3 Å². The highest BCUT2D eigenvalue weighted by Gasteiger charge is 2.16. The molecule has 0 bridgehead atoms. The minimum absolute atomic E-state index is 0.257. The molecule has 20 heavy (non-hydrogen) atoms. The van der Waals surface area contributed by atoms with Crippen molar-refractivity contribution < 1.29 is 0 Å². The molecule has 2 atom stereocenters. The van der Waals surface area contributed by atoms with Gasteiger partial charge in [0, 0.05) is 39.3 Å². The first-order valence-corrected chi connectivity index (χ1v) is 8.18. The summed E-state index contributed by atoms with van der Waals surface area (Å²) in [5.41, 5.74) is 3.70. The van der Waals surface area contributed by atoms with E-state index < -0.39 is 0 Å². The molecule has 2 rings (SSSR count). The number of hydrogen-bond donors (Lipinski definition) is 1. The molecule has 0 saturated carbocycles. The molecule has 0 spiro atoms. The fourth-order valence-corrected chi connectivity index (χ4v) is 3.74. The first-order valence-electron chi connectivity index (χ1n) is 6.59. The summed E-state index contributed by atoms with van der Waals surface area (Å²) >= 11 is 7.11. The summed E-state index contributed by atoms with van der Waals surface area (Å²) in [5.74, 6) is 0. The van der Waals surface area contributed by atoms with E-state index in [9.17, 15) is 0 Å². The van der Waals surface area contributed by atoms with E-state index in [-0.39, 0.29) is 12.1 Å². The van der Waals surface area contributed by atoms with E-state index in [1.54, 1.807) is 0 Å². The minimum Gasteiger partial charge on any atom is -0.303 e. The predicted octanol–water partition coefficient (Wildman–Crippen LogP) is 4.67. The number of hydrogen-bond acceptors (Lipinski definition) is 2. The van der Waals surface area contributed by atoms with Crippen molar-refractivity contribution >= 4 is 31.9 Å². The van der Waals surface area contributed by atoms with Crippen molar-refractivity contribution in [3.63, 3.8) is 0 Å². The lowest BCUT2D eigenvalue weighted by atomic mass is 10.0. The van der Waals surface area contributed by atoms with E-state index in [0.717, 1.165) is 8.95 Å². The molecule has 0 aliphatic carbocycles. The van der Waals surface area contributed by atoms with Gasteiger partial charge in [-0.1, -0.05) is 37.9 Å². The van der Waals surface area contributed by atoms with E-state index in [0.29, 0.717) is 0 Å². The van der Waals surface area contributed by atoms with Crippen LogP contribution in [0.2, 0.25) is 0 Å². The topological polar surface area (TPSA) is 29.9 Å². The number of nitrogens with one attached hydrogen (secondary N) is 1. The predicted molar refractivity (Wildman–Crippen MR) is 89.8 cm³/mol. The Bertz CT molecular complexity index is 607. The van der Waals surface area contributed by atoms with Gasteiger partial charge in [0.15, 0.2) is 0 Å². The average molecular weight is 401 g/mol. The molecule has 0 radical (unpaired) electrons. The maximum Gasteiger partial charge on any atom is 0.0540 e. The summed E-state index contributed by atoms with van der Waals surface area (Å²) in [5, 5.41) is 7.94. The molecule has 5 heteroatoms. The minimum atomic E-state index is 0.257. The first-order chi connectivity index (χ1) is 9.40. The van der Waals surface area contributed by atoms with Gasteiger partial charge in [0.1, 0.15) is 0 Å². The zero-order valence-corrected chi connectivity index (χ0v) is 15.3. The van der Waals surface area contributed by atoms with Gasteiger partial charge in [0.05, 0.1) is 6.20 Å². The highest BCUT2D eigenvalue weighted by molar-refractivity contribution is 9.11. The Morgan fingerprint density at radius 3 is 2.35 bits per heavy atom. The van der Waals surface area contributed by atoms with Gasteiger partial charge >= 0.3 is 0 Å². The Morgan fingerprint density at radius 2 is 1.80 bits per heavy atom. The molecule has 2 unspecified atom stereocenters. The van der Waals surface area contributed by atoms with Gasteiger partial charge < -0.3 is 5.32 Å². The highest BCUT2D eigenvalue weighted by Crippen LogP contribution is 2.28. The number of aryl methyl sites for hydroxylation is 1. The van der Waals surface area contributed by atoms with Gasteiger partial charge in [0.2, 0.25) is 0 Å². The SMILES string of the molecule is Cc1c(C(C)NC(C)c2ccc(Br)cc2Br)cnn1C. The van der Waals surface area contributed by atoms with Crippen molar-refractivity contribution in [1.82, 2.24) is 15.1 Å². The van der Waals surface area contributed by atoms with E-state index in [4.69, 9.17) is 0 Å². The summed E-state index contributed by atoms with van der Waals surface area (Å²) in [6.45, 7) is 6.45. The summed E-state index contributed by atoms with van der Waals surface area (Å²) in [7, 11) is 1.97. The van der Waals surface area contributed by atoms with Crippen molar-refractivity contribution in [2.24, 2.45) is 7.05 Å². The molecule has 0 saturated heterocycles. The molecular formula is C15H19Br2N3.